The average Bonchev–Trinajstić information content (AvgIpc) is 2.75. The standard InChI is InChI=1S/C24H29N3O4/c1-5-6-9-19-18-14-31-24(2,3)12-16(18)17(13-25)23(27-19)30-15-22(28)26-20-10-7-8-11-21(20)29-4/h7-8,10-11H,5-6,9,12,14-15H2,1-4H3,(H,26,28). The van der Waals surface area contributed by atoms with E-state index in [1.807, 2.05) is 26.0 Å². The van der Waals surface area contributed by atoms with Crippen LogP contribution in [0.1, 0.15) is 56.0 Å². The number of pyridine rings is 1. The van der Waals surface area contributed by atoms with Crippen LogP contribution in [0, 0.1) is 11.3 Å². The van der Waals surface area contributed by atoms with Crippen LogP contribution in [0.3, 0.4) is 0 Å². The van der Waals surface area contributed by atoms with Crippen LogP contribution in [0.25, 0.3) is 0 Å². The molecule has 0 unspecified atom stereocenters. The zero-order chi connectivity index (χ0) is 22.4. The number of carbonyl (C=O) groups excluding carboxylic acids is 1. The second-order valence-corrected chi connectivity index (χ2v) is 8.17. The van der Waals surface area contributed by atoms with Crippen molar-refractivity contribution >= 4 is 11.6 Å². The van der Waals surface area contributed by atoms with Gasteiger partial charge in [0.15, 0.2) is 6.61 Å². The maximum absolute atomic E-state index is 12.5. The van der Waals surface area contributed by atoms with Crippen LogP contribution in [0.2, 0.25) is 0 Å². The van der Waals surface area contributed by atoms with E-state index in [1.54, 1.807) is 19.2 Å². The predicted molar refractivity (Wildman–Crippen MR) is 117 cm³/mol. The van der Waals surface area contributed by atoms with Gasteiger partial charge in [-0.25, -0.2) is 4.98 Å². The summed E-state index contributed by atoms with van der Waals surface area (Å²) in [6, 6.07) is 9.39. The topological polar surface area (TPSA) is 93.5 Å². The summed E-state index contributed by atoms with van der Waals surface area (Å²) in [6.45, 7) is 6.30. The second kappa shape index (κ2) is 9.80. The third-order valence-corrected chi connectivity index (χ3v) is 5.27. The molecule has 2 aromatic rings. The molecule has 1 amide bonds. The largest absolute Gasteiger partial charge is 0.495 e. The fourth-order valence-electron chi connectivity index (χ4n) is 3.65. The first-order valence-electron chi connectivity index (χ1n) is 10.5. The van der Waals surface area contributed by atoms with Gasteiger partial charge in [0.2, 0.25) is 5.88 Å². The Bertz CT molecular complexity index is 995. The lowest BCUT2D eigenvalue weighted by atomic mass is 9.87. The average molecular weight is 424 g/mol. The van der Waals surface area contributed by atoms with Crippen LogP contribution < -0.4 is 14.8 Å². The van der Waals surface area contributed by atoms with Gasteiger partial charge in [0, 0.05) is 12.0 Å². The summed E-state index contributed by atoms with van der Waals surface area (Å²) in [4.78, 5) is 17.1. The molecule has 0 saturated carbocycles. The summed E-state index contributed by atoms with van der Waals surface area (Å²) in [5.41, 5.74) is 3.35. The number of methoxy groups -OCH3 is 1. The van der Waals surface area contributed by atoms with Gasteiger partial charge in [0.1, 0.15) is 17.4 Å². The van der Waals surface area contributed by atoms with E-state index < -0.39 is 0 Å². The highest BCUT2D eigenvalue weighted by molar-refractivity contribution is 5.93. The molecule has 0 spiro atoms. The fraction of sp³-hybridized carbons (Fsp3) is 0.458. The summed E-state index contributed by atoms with van der Waals surface area (Å²) >= 11 is 0. The lowest BCUT2D eigenvalue weighted by Crippen LogP contribution is -2.33. The smallest absolute Gasteiger partial charge is 0.262 e. The number of aryl methyl sites for hydroxylation is 1. The van der Waals surface area contributed by atoms with Crippen LogP contribution in [-0.2, 0) is 29.0 Å². The molecule has 0 radical (unpaired) electrons. The number of rotatable bonds is 8. The van der Waals surface area contributed by atoms with E-state index >= 15 is 0 Å². The quantitative estimate of drug-likeness (QED) is 0.685. The summed E-state index contributed by atoms with van der Waals surface area (Å²) < 4.78 is 17.0. The minimum absolute atomic E-state index is 0.209. The third-order valence-electron chi connectivity index (χ3n) is 5.27. The molecule has 31 heavy (non-hydrogen) atoms. The summed E-state index contributed by atoms with van der Waals surface area (Å²) in [5.74, 6) is 0.413. The number of hydrogen-bond acceptors (Lipinski definition) is 6. The van der Waals surface area contributed by atoms with E-state index in [0.717, 1.165) is 36.1 Å². The molecule has 7 nitrogen and oxygen atoms in total. The minimum atomic E-state index is -0.375. The first-order valence-corrected chi connectivity index (χ1v) is 10.5. The molecule has 7 heteroatoms. The van der Waals surface area contributed by atoms with Crippen molar-refractivity contribution in [2.45, 2.75) is 58.7 Å². The lowest BCUT2D eigenvalue weighted by Gasteiger charge is -2.33. The minimum Gasteiger partial charge on any atom is -0.495 e. The molecule has 0 fully saturated rings. The molecule has 3 rings (SSSR count). The first kappa shape index (κ1) is 22.6. The van der Waals surface area contributed by atoms with Crippen LogP contribution in [0.5, 0.6) is 11.6 Å². The zero-order valence-electron chi connectivity index (χ0n) is 18.6. The molecular weight excluding hydrogens is 394 g/mol. The van der Waals surface area contributed by atoms with Crippen LogP contribution in [0.4, 0.5) is 5.69 Å². The number of fused-ring (bicyclic) bond motifs is 1. The van der Waals surface area contributed by atoms with E-state index in [-0.39, 0.29) is 24.0 Å². The van der Waals surface area contributed by atoms with E-state index in [4.69, 9.17) is 14.2 Å². The maximum Gasteiger partial charge on any atom is 0.262 e. The molecule has 1 aromatic carbocycles. The highest BCUT2D eigenvalue weighted by Crippen LogP contribution is 2.35. The summed E-state index contributed by atoms with van der Waals surface area (Å²) in [5, 5.41) is 12.6. The number of benzene rings is 1. The van der Waals surface area contributed by atoms with Crippen molar-refractivity contribution in [3.63, 3.8) is 0 Å². The monoisotopic (exact) mass is 423 g/mol. The van der Waals surface area contributed by atoms with Crippen molar-refractivity contribution in [1.82, 2.24) is 4.98 Å². The van der Waals surface area contributed by atoms with Crippen molar-refractivity contribution in [2.75, 3.05) is 19.0 Å². The van der Waals surface area contributed by atoms with Gasteiger partial charge in [-0.2, -0.15) is 5.26 Å². The molecule has 164 valence electrons. The Morgan fingerprint density at radius 3 is 2.81 bits per heavy atom. The Labute approximate surface area is 183 Å². The van der Waals surface area contributed by atoms with Gasteiger partial charge >= 0.3 is 0 Å². The second-order valence-electron chi connectivity index (χ2n) is 8.17. The van der Waals surface area contributed by atoms with E-state index in [9.17, 15) is 10.1 Å². The highest BCUT2D eigenvalue weighted by Gasteiger charge is 2.32. The number of unbranched alkanes of at least 4 members (excludes halogenated alkanes) is 1. The number of anilines is 1. The molecule has 0 aliphatic carbocycles. The van der Waals surface area contributed by atoms with E-state index in [2.05, 4.69) is 23.3 Å². The van der Waals surface area contributed by atoms with Crippen molar-refractivity contribution in [1.29, 1.82) is 5.26 Å². The predicted octanol–water partition coefficient (Wildman–Crippen LogP) is 4.17. The highest BCUT2D eigenvalue weighted by atomic mass is 16.5. The molecule has 1 aliphatic heterocycles. The van der Waals surface area contributed by atoms with Crippen molar-refractivity contribution in [3.8, 4) is 17.7 Å². The number of hydrogen-bond donors (Lipinski definition) is 1. The normalized spacial score (nSPS) is 14.3. The Balaban J connectivity index is 1.84. The zero-order valence-corrected chi connectivity index (χ0v) is 18.6. The molecule has 2 heterocycles. The number of nitriles is 1. The van der Waals surface area contributed by atoms with Gasteiger partial charge < -0.3 is 19.5 Å². The molecule has 0 atom stereocenters. The molecule has 1 aliphatic rings. The van der Waals surface area contributed by atoms with E-state index in [1.165, 1.54) is 0 Å². The van der Waals surface area contributed by atoms with Crippen LogP contribution >= 0.6 is 0 Å². The Kier molecular flexibility index (Phi) is 7.13. The van der Waals surface area contributed by atoms with Crippen molar-refractivity contribution in [3.05, 3.63) is 46.6 Å². The van der Waals surface area contributed by atoms with Gasteiger partial charge in [-0.1, -0.05) is 25.5 Å². The molecule has 1 aromatic heterocycles. The first-order chi connectivity index (χ1) is 14.9. The molecular formula is C24H29N3O4. The third kappa shape index (κ3) is 5.33. The SMILES string of the molecule is CCCCc1nc(OCC(=O)Nc2ccccc2OC)c(C#N)c2c1COC(C)(C)C2. The fourth-order valence-corrected chi connectivity index (χ4v) is 3.65. The number of para-hydroxylation sites is 2. The number of nitrogens with one attached hydrogen (secondary N) is 1. The van der Waals surface area contributed by atoms with Gasteiger partial charge in [0.05, 0.1) is 30.7 Å². The van der Waals surface area contributed by atoms with Crippen molar-refractivity contribution in [2.24, 2.45) is 0 Å². The number of aromatic nitrogens is 1. The molecule has 0 saturated heterocycles. The summed E-state index contributed by atoms with van der Waals surface area (Å²) in [7, 11) is 1.54. The Morgan fingerprint density at radius 2 is 2.10 bits per heavy atom. The Morgan fingerprint density at radius 1 is 1.32 bits per heavy atom. The van der Waals surface area contributed by atoms with E-state index in [0.29, 0.717) is 30.0 Å². The molecule has 1 N–H and O–H groups in total. The lowest BCUT2D eigenvalue weighted by molar-refractivity contribution is -0.118. The van der Waals surface area contributed by atoms with Gasteiger partial charge in [-0.3, -0.25) is 4.79 Å². The number of ether oxygens (including phenoxy) is 3. The van der Waals surface area contributed by atoms with Gasteiger partial charge in [0.25, 0.3) is 5.91 Å². The van der Waals surface area contributed by atoms with Gasteiger partial charge in [-0.15, -0.1) is 0 Å². The number of nitrogens with zero attached hydrogens (tertiary/aromatic N) is 2. The maximum atomic E-state index is 12.5. The summed E-state index contributed by atoms with van der Waals surface area (Å²) in [6.07, 6.45) is 3.37. The van der Waals surface area contributed by atoms with Crippen LogP contribution in [0.15, 0.2) is 24.3 Å². The van der Waals surface area contributed by atoms with Gasteiger partial charge in [-0.05, 0) is 44.4 Å². The molecule has 0 bridgehead atoms. The number of carbonyl (C=O) groups is 1. The van der Waals surface area contributed by atoms with Crippen LogP contribution in [-0.4, -0.2) is 30.2 Å². The Hall–Kier alpha value is -3.11. The number of amides is 1. The van der Waals surface area contributed by atoms with Crippen molar-refractivity contribution < 1.29 is 19.0 Å².